The number of hydrogen-bond donors (Lipinski definition) is 0. The van der Waals surface area contributed by atoms with Gasteiger partial charge in [0.2, 0.25) is 0 Å². The first kappa shape index (κ1) is 10.4. The lowest BCUT2D eigenvalue weighted by molar-refractivity contribution is -0.144. The minimum Gasteiger partial charge on any atom is -0.466 e. The second-order valence-electron chi connectivity index (χ2n) is 1.91. The van der Waals surface area contributed by atoms with Gasteiger partial charge in [0.05, 0.1) is 12.7 Å². The summed E-state index contributed by atoms with van der Waals surface area (Å²) in [5.41, 5.74) is 0. The zero-order chi connectivity index (χ0) is 9.40. The average molecular weight is 167 g/mol. The van der Waals surface area contributed by atoms with E-state index in [-0.39, 0.29) is 13.0 Å². The Hall–Kier alpha value is -1.63. The van der Waals surface area contributed by atoms with Crippen LogP contribution < -0.4 is 0 Å². The summed E-state index contributed by atoms with van der Waals surface area (Å²) < 4.78 is 4.52. The number of allylic oxidation sites excluding steroid dienone is 2. The molecule has 0 N–H and O–H groups in total. The minimum atomic E-state index is -0.565. The van der Waals surface area contributed by atoms with E-state index in [4.69, 9.17) is 5.26 Å². The standard InChI is InChI=1S/C8H9NO3/c1-2-12-8(11)6-7(10)4-3-5-9/h3-4H,2,6H2,1H3/b4-3+. The van der Waals surface area contributed by atoms with Crippen molar-refractivity contribution in [3.8, 4) is 6.07 Å². The van der Waals surface area contributed by atoms with Crippen LogP contribution in [0.3, 0.4) is 0 Å². The van der Waals surface area contributed by atoms with Gasteiger partial charge in [0.25, 0.3) is 0 Å². The lowest BCUT2D eigenvalue weighted by Crippen LogP contribution is -2.08. The van der Waals surface area contributed by atoms with Crippen LogP contribution in [0.2, 0.25) is 0 Å². The molecule has 0 saturated heterocycles. The molecule has 0 amide bonds. The topological polar surface area (TPSA) is 67.2 Å². The van der Waals surface area contributed by atoms with E-state index in [2.05, 4.69) is 4.74 Å². The van der Waals surface area contributed by atoms with Crippen molar-refractivity contribution in [2.45, 2.75) is 13.3 Å². The number of carbonyl (C=O) groups is 2. The van der Waals surface area contributed by atoms with Crippen molar-refractivity contribution >= 4 is 11.8 Å². The molecule has 64 valence electrons. The van der Waals surface area contributed by atoms with Gasteiger partial charge in [-0.05, 0) is 13.0 Å². The molecule has 0 unspecified atom stereocenters. The van der Waals surface area contributed by atoms with E-state index in [1.165, 1.54) is 0 Å². The molecule has 0 aliphatic heterocycles. The fourth-order valence-electron chi connectivity index (χ4n) is 0.543. The highest BCUT2D eigenvalue weighted by atomic mass is 16.5. The predicted molar refractivity (Wildman–Crippen MR) is 41.0 cm³/mol. The predicted octanol–water partition coefficient (Wildman–Crippen LogP) is 0.588. The van der Waals surface area contributed by atoms with E-state index in [0.717, 1.165) is 12.2 Å². The molecule has 4 heteroatoms. The first-order chi connectivity index (χ1) is 5.70. The molecular formula is C8H9NO3. The molecular weight excluding hydrogens is 158 g/mol. The summed E-state index contributed by atoms with van der Waals surface area (Å²) in [7, 11) is 0. The summed E-state index contributed by atoms with van der Waals surface area (Å²) in [5.74, 6) is -0.986. The van der Waals surface area contributed by atoms with Crippen LogP contribution in [0.15, 0.2) is 12.2 Å². The van der Waals surface area contributed by atoms with Gasteiger partial charge in [-0.3, -0.25) is 9.59 Å². The van der Waals surface area contributed by atoms with Gasteiger partial charge >= 0.3 is 5.97 Å². The minimum absolute atomic E-state index is 0.258. The van der Waals surface area contributed by atoms with Crippen LogP contribution in [-0.4, -0.2) is 18.4 Å². The van der Waals surface area contributed by atoms with Gasteiger partial charge in [-0.2, -0.15) is 5.26 Å². The van der Waals surface area contributed by atoms with Crippen molar-refractivity contribution in [2.24, 2.45) is 0 Å². The van der Waals surface area contributed by atoms with E-state index < -0.39 is 11.8 Å². The van der Waals surface area contributed by atoms with Crippen molar-refractivity contribution in [3.63, 3.8) is 0 Å². The normalized spacial score (nSPS) is 9.33. The maximum absolute atomic E-state index is 10.7. The van der Waals surface area contributed by atoms with E-state index in [1.54, 1.807) is 13.0 Å². The molecule has 0 aliphatic rings. The molecule has 0 fully saturated rings. The third-order valence-corrected chi connectivity index (χ3v) is 0.968. The quantitative estimate of drug-likeness (QED) is 0.266. The smallest absolute Gasteiger partial charge is 0.313 e. The number of hydrogen-bond acceptors (Lipinski definition) is 4. The molecule has 0 aliphatic carbocycles. The van der Waals surface area contributed by atoms with Crippen molar-refractivity contribution in [3.05, 3.63) is 12.2 Å². The third kappa shape index (κ3) is 5.18. The van der Waals surface area contributed by atoms with Crippen molar-refractivity contribution < 1.29 is 14.3 Å². The zero-order valence-electron chi connectivity index (χ0n) is 6.74. The Balaban J connectivity index is 3.78. The molecule has 0 heterocycles. The largest absolute Gasteiger partial charge is 0.466 e. The van der Waals surface area contributed by atoms with E-state index in [0.29, 0.717) is 0 Å². The molecule has 0 radical (unpaired) electrons. The summed E-state index contributed by atoms with van der Waals surface area (Å²) >= 11 is 0. The molecule has 0 spiro atoms. The summed E-state index contributed by atoms with van der Waals surface area (Å²) in [6.45, 7) is 1.92. The molecule has 0 aromatic heterocycles. The molecule has 0 atom stereocenters. The van der Waals surface area contributed by atoms with E-state index in [1.807, 2.05) is 0 Å². The molecule has 0 saturated carbocycles. The first-order valence-electron chi connectivity index (χ1n) is 3.45. The maximum atomic E-state index is 10.7. The van der Waals surface area contributed by atoms with Crippen LogP contribution in [0.4, 0.5) is 0 Å². The highest BCUT2D eigenvalue weighted by Gasteiger charge is 2.06. The van der Waals surface area contributed by atoms with E-state index in [9.17, 15) is 9.59 Å². The van der Waals surface area contributed by atoms with Gasteiger partial charge in [-0.25, -0.2) is 0 Å². The van der Waals surface area contributed by atoms with Gasteiger partial charge < -0.3 is 4.74 Å². The van der Waals surface area contributed by atoms with Crippen LogP contribution >= 0.6 is 0 Å². The Morgan fingerprint density at radius 2 is 2.25 bits per heavy atom. The van der Waals surface area contributed by atoms with Gasteiger partial charge in [-0.1, -0.05) is 0 Å². The highest BCUT2D eigenvalue weighted by Crippen LogP contribution is 1.89. The van der Waals surface area contributed by atoms with Crippen LogP contribution in [0.1, 0.15) is 13.3 Å². The fraction of sp³-hybridized carbons (Fsp3) is 0.375. The van der Waals surface area contributed by atoms with Crippen LogP contribution in [0.5, 0.6) is 0 Å². The lowest BCUT2D eigenvalue weighted by Gasteiger charge is -1.96. The van der Waals surface area contributed by atoms with Gasteiger partial charge in [0.15, 0.2) is 5.78 Å². The number of rotatable bonds is 4. The summed E-state index contributed by atoms with van der Waals surface area (Å²) in [4.78, 5) is 21.4. The van der Waals surface area contributed by atoms with Gasteiger partial charge in [0.1, 0.15) is 6.42 Å². The molecule has 0 rings (SSSR count). The number of ketones is 1. The number of ether oxygens (including phenoxy) is 1. The second kappa shape index (κ2) is 6.10. The average Bonchev–Trinajstić information content (AvgIpc) is 2.01. The highest BCUT2D eigenvalue weighted by molar-refractivity contribution is 6.02. The van der Waals surface area contributed by atoms with Crippen molar-refractivity contribution in [1.82, 2.24) is 0 Å². The third-order valence-electron chi connectivity index (χ3n) is 0.968. The van der Waals surface area contributed by atoms with Crippen LogP contribution in [0.25, 0.3) is 0 Å². The fourth-order valence-corrected chi connectivity index (χ4v) is 0.543. The number of nitrogens with zero attached hydrogens (tertiary/aromatic N) is 1. The van der Waals surface area contributed by atoms with Crippen LogP contribution in [-0.2, 0) is 14.3 Å². The van der Waals surface area contributed by atoms with Crippen molar-refractivity contribution in [1.29, 1.82) is 5.26 Å². The monoisotopic (exact) mass is 167 g/mol. The molecule has 12 heavy (non-hydrogen) atoms. The maximum Gasteiger partial charge on any atom is 0.313 e. The Labute approximate surface area is 70.4 Å². The molecule has 0 aromatic rings. The Kier molecular flexibility index (Phi) is 5.28. The second-order valence-corrected chi connectivity index (χ2v) is 1.91. The summed E-state index contributed by atoms with van der Waals surface area (Å²) in [5, 5.41) is 8.05. The molecule has 0 bridgehead atoms. The summed E-state index contributed by atoms with van der Waals surface area (Å²) in [6.07, 6.45) is 1.78. The van der Waals surface area contributed by atoms with Crippen LogP contribution in [0, 0.1) is 11.3 Å². The van der Waals surface area contributed by atoms with Gasteiger partial charge in [-0.15, -0.1) is 0 Å². The Bertz CT molecular complexity index is 237. The Morgan fingerprint density at radius 1 is 1.58 bits per heavy atom. The number of nitriles is 1. The van der Waals surface area contributed by atoms with Crippen molar-refractivity contribution in [2.75, 3.05) is 6.61 Å². The molecule has 0 aromatic carbocycles. The summed E-state index contributed by atoms with van der Waals surface area (Å²) in [6, 6.07) is 1.65. The Morgan fingerprint density at radius 3 is 2.75 bits per heavy atom. The zero-order valence-corrected chi connectivity index (χ0v) is 6.74. The lowest BCUT2D eigenvalue weighted by atomic mass is 10.3. The SMILES string of the molecule is CCOC(=O)CC(=O)/C=C/C#N. The van der Waals surface area contributed by atoms with E-state index >= 15 is 0 Å². The molecule has 4 nitrogen and oxygen atoms in total. The van der Waals surface area contributed by atoms with Gasteiger partial charge in [0, 0.05) is 6.08 Å². The number of carbonyl (C=O) groups excluding carboxylic acids is 2. The number of esters is 1. The first-order valence-corrected chi connectivity index (χ1v) is 3.45.